The monoisotopic (exact) mass is 401 g/mol. The molecule has 150 valence electrons. The van der Waals surface area contributed by atoms with E-state index in [0.29, 0.717) is 10.4 Å². The Morgan fingerprint density at radius 3 is 2.63 bits per heavy atom. The number of fused-ring (bicyclic) bond motifs is 1. The molecule has 1 amide bonds. The average Bonchev–Trinajstić information content (AvgIpc) is 3.01. The lowest BCUT2D eigenvalue weighted by molar-refractivity contribution is -0.189. The lowest BCUT2D eigenvalue weighted by Crippen LogP contribution is -2.48. The number of hydroxylamine groups is 2. The van der Waals surface area contributed by atoms with E-state index in [1.807, 2.05) is 0 Å². The zero-order valence-corrected chi connectivity index (χ0v) is 15.9. The summed E-state index contributed by atoms with van der Waals surface area (Å²) in [7, 11) is -3.26. The van der Waals surface area contributed by atoms with Crippen molar-refractivity contribution >= 4 is 24.4 Å². The molecule has 0 fully saturated rings. The highest BCUT2D eigenvalue weighted by Crippen LogP contribution is 2.39. The summed E-state index contributed by atoms with van der Waals surface area (Å²) < 4.78 is 11.0. The van der Waals surface area contributed by atoms with Crippen LogP contribution in [0.2, 0.25) is 0 Å². The number of carbonyl (C=O) groups is 1. The largest absolute Gasteiger partial charge is 0.507 e. The van der Waals surface area contributed by atoms with Crippen molar-refractivity contribution in [3.05, 3.63) is 30.0 Å². The molecule has 0 spiro atoms. The van der Waals surface area contributed by atoms with Gasteiger partial charge < -0.3 is 25.0 Å². The predicted molar refractivity (Wildman–Crippen MR) is 97.1 cm³/mol. The van der Waals surface area contributed by atoms with Crippen LogP contribution in [0.15, 0.2) is 24.4 Å². The third kappa shape index (κ3) is 5.07. The number of aromatic nitrogens is 1. The number of amides is 1. The zero-order valence-electron chi connectivity index (χ0n) is 15.0. The maximum Gasteiger partial charge on any atom is 0.355 e. The number of hydrogen-bond donors (Lipinski definition) is 6. The molecule has 2 atom stereocenters. The SMILES string of the molecule is CC(N(C)CC(O)P(=O)(O)O)N(O)C(=O)CCc1c[nH]c2cccc(O)c12. The van der Waals surface area contributed by atoms with Gasteiger partial charge >= 0.3 is 7.60 Å². The van der Waals surface area contributed by atoms with Crippen molar-refractivity contribution in [3.8, 4) is 5.75 Å². The molecule has 6 N–H and O–H groups in total. The molecular weight excluding hydrogens is 377 g/mol. The second-order valence-electron chi connectivity index (χ2n) is 6.39. The Kier molecular flexibility index (Phi) is 6.63. The molecule has 2 unspecified atom stereocenters. The minimum Gasteiger partial charge on any atom is -0.507 e. The summed E-state index contributed by atoms with van der Waals surface area (Å²) in [5.74, 6) is -2.43. The summed E-state index contributed by atoms with van der Waals surface area (Å²) >= 11 is 0. The van der Waals surface area contributed by atoms with E-state index in [0.717, 1.165) is 11.1 Å². The predicted octanol–water partition coefficient (Wildman–Crippen LogP) is 0.798. The van der Waals surface area contributed by atoms with Crippen molar-refractivity contribution in [3.63, 3.8) is 0 Å². The average molecular weight is 401 g/mol. The molecule has 1 aromatic carbocycles. The van der Waals surface area contributed by atoms with E-state index >= 15 is 0 Å². The number of aromatic hydroxyl groups is 1. The summed E-state index contributed by atoms with van der Waals surface area (Å²) in [5, 5.41) is 30.6. The molecule has 0 bridgehead atoms. The summed E-state index contributed by atoms with van der Waals surface area (Å²) in [6.45, 7) is 1.04. The normalized spacial score (nSPS) is 14.5. The van der Waals surface area contributed by atoms with Crippen molar-refractivity contribution in [2.24, 2.45) is 0 Å². The Morgan fingerprint density at radius 2 is 2.00 bits per heavy atom. The highest BCUT2D eigenvalue weighted by molar-refractivity contribution is 7.52. The van der Waals surface area contributed by atoms with Gasteiger partial charge in [-0.2, -0.15) is 0 Å². The van der Waals surface area contributed by atoms with Gasteiger partial charge in [-0.25, -0.2) is 5.06 Å². The molecule has 0 saturated heterocycles. The number of nitrogens with zero attached hydrogens (tertiary/aromatic N) is 2. The van der Waals surface area contributed by atoms with Crippen LogP contribution >= 0.6 is 7.60 Å². The third-order valence-corrected chi connectivity index (χ3v) is 5.40. The first-order chi connectivity index (χ1) is 12.5. The molecule has 0 aliphatic rings. The van der Waals surface area contributed by atoms with E-state index in [-0.39, 0.29) is 18.6 Å². The second-order valence-corrected chi connectivity index (χ2v) is 8.17. The minimum absolute atomic E-state index is 0.0446. The lowest BCUT2D eigenvalue weighted by Gasteiger charge is -2.32. The van der Waals surface area contributed by atoms with Gasteiger partial charge in [0.1, 0.15) is 11.9 Å². The first kappa shape index (κ1) is 21.4. The third-order valence-electron chi connectivity index (χ3n) is 4.46. The fourth-order valence-electron chi connectivity index (χ4n) is 2.70. The number of aliphatic hydroxyl groups is 1. The van der Waals surface area contributed by atoms with E-state index in [1.54, 1.807) is 24.4 Å². The number of aromatic amines is 1. The molecule has 0 saturated carbocycles. The van der Waals surface area contributed by atoms with E-state index in [2.05, 4.69) is 4.98 Å². The molecule has 2 aromatic rings. The highest BCUT2D eigenvalue weighted by atomic mass is 31.2. The van der Waals surface area contributed by atoms with Crippen molar-refractivity contribution in [1.29, 1.82) is 0 Å². The van der Waals surface area contributed by atoms with Crippen molar-refractivity contribution < 1.29 is 34.6 Å². The number of benzene rings is 1. The van der Waals surface area contributed by atoms with Crippen LogP contribution in [0.5, 0.6) is 5.75 Å². The van der Waals surface area contributed by atoms with Gasteiger partial charge in [0.2, 0.25) is 5.91 Å². The number of aliphatic hydroxyl groups excluding tert-OH is 1. The van der Waals surface area contributed by atoms with Gasteiger partial charge in [-0.3, -0.25) is 19.5 Å². The fraction of sp³-hybridized carbons (Fsp3) is 0.438. The van der Waals surface area contributed by atoms with Crippen molar-refractivity contribution in [2.45, 2.75) is 31.8 Å². The van der Waals surface area contributed by atoms with E-state index in [9.17, 15) is 24.8 Å². The minimum atomic E-state index is -4.68. The van der Waals surface area contributed by atoms with Gasteiger partial charge in [0.15, 0.2) is 5.85 Å². The molecule has 1 aromatic heterocycles. The number of likely N-dealkylation sites (N-methyl/N-ethyl adjacent to an activating group) is 1. The Bertz CT molecular complexity index is 850. The quantitative estimate of drug-likeness (QED) is 0.164. The number of phenolic OH excluding ortho intramolecular Hbond substituents is 1. The van der Waals surface area contributed by atoms with Crippen LogP contribution < -0.4 is 0 Å². The number of aryl methyl sites for hydroxylation is 1. The van der Waals surface area contributed by atoms with Crippen LogP contribution in [0.25, 0.3) is 10.9 Å². The molecular formula is C16H24N3O7P. The lowest BCUT2D eigenvalue weighted by atomic mass is 10.1. The summed E-state index contributed by atoms with van der Waals surface area (Å²) in [5.41, 5.74) is 1.46. The molecule has 0 aliphatic carbocycles. The van der Waals surface area contributed by atoms with Gasteiger partial charge in [-0.15, -0.1) is 0 Å². The van der Waals surface area contributed by atoms with Gasteiger partial charge in [0, 0.05) is 30.1 Å². The topological polar surface area (TPSA) is 158 Å². The van der Waals surface area contributed by atoms with E-state index in [4.69, 9.17) is 9.79 Å². The Morgan fingerprint density at radius 1 is 1.33 bits per heavy atom. The summed E-state index contributed by atoms with van der Waals surface area (Å²) in [4.78, 5) is 34.4. The molecule has 0 aliphatic heterocycles. The molecule has 10 nitrogen and oxygen atoms in total. The van der Waals surface area contributed by atoms with Crippen LogP contribution in [-0.2, 0) is 15.8 Å². The number of rotatable bonds is 8. The van der Waals surface area contributed by atoms with Crippen LogP contribution in [-0.4, -0.2) is 71.7 Å². The first-order valence-electron chi connectivity index (χ1n) is 8.24. The van der Waals surface area contributed by atoms with Crippen LogP contribution in [0.3, 0.4) is 0 Å². The van der Waals surface area contributed by atoms with Gasteiger partial charge in [-0.1, -0.05) is 6.07 Å². The second kappa shape index (κ2) is 8.39. The number of hydrogen-bond acceptors (Lipinski definition) is 6. The van der Waals surface area contributed by atoms with E-state index < -0.39 is 32.1 Å². The van der Waals surface area contributed by atoms with Gasteiger partial charge in [0.25, 0.3) is 0 Å². The number of nitrogens with one attached hydrogen (secondary N) is 1. The number of phenols is 1. The molecule has 11 heteroatoms. The summed E-state index contributed by atoms with van der Waals surface area (Å²) in [6, 6.07) is 5.04. The Labute approximate surface area is 155 Å². The standard InChI is InChI=1S/C16H24N3O7P/c1-10(18(2)9-15(22)27(24,25)26)19(23)14(21)7-6-11-8-17-12-4-3-5-13(20)16(11)12/h3-5,8,10,15,17,20,22-23H,6-7,9H2,1-2H3,(H2,24,25,26). The maximum absolute atomic E-state index is 12.2. The van der Waals surface area contributed by atoms with Gasteiger partial charge in [-0.05, 0) is 38.1 Å². The number of H-pyrrole nitrogens is 1. The fourth-order valence-corrected chi connectivity index (χ4v) is 3.17. The van der Waals surface area contributed by atoms with Crippen molar-refractivity contribution in [2.75, 3.05) is 13.6 Å². The Hall–Kier alpha value is -1.94. The van der Waals surface area contributed by atoms with Gasteiger partial charge in [0.05, 0.1) is 0 Å². The molecule has 2 rings (SSSR count). The Balaban J connectivity index is 1.97. The molecule has 27 heavy (non-hydrogen) atoms. The van der Waals surface area contributed by atoms with Crippen molar-refractivity contribution in [1.82, 2.24) is 14.9 Å². The van der Waals surface area contributed by atoms with Crippen LogP contribution in [0, 0.1) is 0 Å². The molecule has 1 heterocycles. The summed E-state index contributed by atoms with van der Waals surface area (Å²) in [6.07, 6.45) is 1.01. The number of carbonyl (C=O) groups excluding carboxylic acids is 1. The first-order valence-corrected chi connectivity index (χ1v) is 9.93. The van der Waals surface area contributed by atoms with Crippen LogP contribution in [0.1, 0.15) is 18.9 Å². The maximum atomic E-state index is 12.2. The molecule has 0 radical (unpaired) electrons. The van der Waals surface area contributed by atoms with E-state index in [1.165, 1.54) is 18.9 Å². The highest BCUT2D eigenvalue weighted by Gasteiger charge is 2.30. The van der Waals surface area contributed by atoms with Crippen LogP contribution in [0.4, 0.5) is 0 Å². The smallest absolute Gasteiger partial charge is 0.355 e. The zero-order chi connectivity index (χ0) is 20.4.